The largest absolute Gasteiger partial charge is 0.436 e. The molecule has 0 heterocycles. The Balaban J connectivity index is 3.14. The van der Waals surface area contributed by atoms with E-state index in [0.717, 1.165) is 5.12 Å². The molecular weight excluding hydrogens is 92.1 g/mol. The fourth-order valence-electron chi connectivity index (χ4n) is 0.158. The van der Waals surface area contributed by atoms with E-state index in [0.29, 0.717) is 0 Å². The number of hydrogen-bond acceptors (Lipinski definition) is 2. The first-order valence-electron chi connectivity index (χ1n) is 2.10. The highest BCUT2D eigenvalue weighted by molar-refractivity contribution is 4.33. The number of hydrazine groups is 1. The Kier molecular flexibility index (Phi) is 2.86. The zero-order valence-corrected chi connectivity index (χ0v) is 4.97. The van der Waals surface area contributed by atoms with Crippen molar-refractivity contribution in [1.29, 1.82) is 0 Å². The van der Waals surface area contributed by atoms with E-state index in [1.54, 1.807) is 14.1 Å². The minimum Gasteiger partial charge on any atom is -0.436 e. The minimum absolute atomic E-state index is 0.833. The van der Waals surface area contributed by atoms with Crippen molar-refractivity contribution in [3.63, 3.8) is 0 Å². The molecule has 44 valence electrons. The molecule has 1 unspecified atom stereocenters. The molecule has 0 amide bonds. The van der Waals surface area contributed by atoms with E-state index in [-0.39, 0.29) is 0 Å². The van der Waals surface area contributed by atoms with Crippen molar-refractivity contribution in [3.8, 4) is 0 Å². The summed E-state index contributed by atoms with van der Waals surface area (Å²) in [6.07, 6.45) is 0. The molecule has 0 rings (SSSR count). The number of nitrogens with one attached hydrogen (secondary N) is 1. The van der Waals surface area contributed by atoms with Crippen LogP contribution in [0.5, 0.6) is 0 Å². The monoisotopic (exact) mass is 104 g/mol. The standard InChI is InChI=1S/C3H12N4/c1-5-7(3)6(2)4/h7H,4H2,1-3H3. The number of quaternary nitrogens is 1. The van der Waals surface area contributed by atoms with Crippen LogP contribution in [0.2, 0.25) is 0 Å². The third kappa shape index (κ3) is 2.52. The summed E-state index contributed by atoms with van der Waals surface area (Å²) in [4.78, 5) is 0. The summed E-state index contributed by atoms with van der Waals surface area (Å²) in [5, 5.41) is 2.31. The van der Waals surface area contributed by atoms with E-state index >= 15 is 0 Å². The van der Waals surface area contributed by atoms with Gasteiger partial charge in [0.2, 0.25) is 0 Å². The predicted molar refractivity (Wildman–Crippen MR) is 28.1 cm³/mol. The van der Waals surface area contributed by atoms with Gasteiger partial charge in [0.15, 0.2) is 0 Å². The molecule has 0 spiro atoms. The van der Waals surface area contributed by atoms with Crippen LogP contribution in [0.3, 0.4) is 0 Å². The van der Waals surface area contributed by atoms with Crippen molar-refractivity contribution in [3.05, 3.63) is 5.43 Å². The van der Waals surface area contributed by atoms with Gasteiger partial charge in [0.05, 0.1) is 14.1 Å². The van der Waals surface area contributed by atoms with Gasteiger partial charge in [0, 0.05) is 0 Å². The smallest absolute Gasteiger partial charge is 0.0764 e. The molecule has 0 aromatic rings. The molecule has 4 nitrogen and oxygen atoms in total. The van der Waals surface area contributed by atoms with E-state index in [4.69, 9.17) is 5.84 Å². The maximum Gasteiger partial charge on any atom is 0.0764 e. The highest BCUT2D eigenvalue weighted by Gasteiger charge is 1.87. The number of rotatable bonds is 2. The van der Waals surface area contributed by atoms with Gasteiger partial charge in [-0.25, -0.2) is 5.84 Å². The first-order chi connectivity index (χ1) is 3.18. The van der Waals surface area contributed by atoms with Crippen LogP contribution in [0.4, 0.5) is 0 Å². The third-order valence-corrected chi connectivity index (χ3v) is 0.834. The third-order valence-electron chi connectivity index (χ3n) is 0.834. The summed E-state index contributed by atoms with van der Waals surface area (Å²) >= 11 is 0. The summed E-state index contributed by atoms with van der Waals surface area (Å²) in [6, 6.07) is 0. The molecule has 0 aliphatic rings. The summed E-state index contributed by atoms with van der Waals surface area (Å²) < 4.78 is 0. The minimum atomic E-state index is 0.833. The topological polar surface area (TPSA) is 47.8 Å². The first kappa shape index (κ1) is 6.84. The van der Waals surface area contributed by atoms with E-state index in [9.17, 15) is 0 Å². The van der Waals surface area contributed by atoms with Gasteiger partial charge in [0.1, 0.15) is 0 Å². The lowest BCUT2D eigenvalue weighted by Crippen LogP contribution is -3.12. The highest BCUT2D eigenvalue weighted by atomic mass is 15.9. The van der Waals surface area contributed by atoms with Gasteiger partial charge in [-0.3, -0.25) is 0 Å². The van der Waals surface area contributed by atoms with E-state index < -0.39 is 0 Å². The Morgan fingerprint density at radius 3 is 2.14 bits per heavy atom. The fraction of sp³-hybridized carbons (Fsp3) is 1.00. The average molecular weight is 104 g/mol. The van der Waals surface area contributed by atoms with Gasteiger partial charge in [-0.05, 0) is 0 Å². The number of nitrogens with zero attached hydrogens (tertiary/aromatic N) is 2. The summed E-state index contributed by atoms with van der Waals surface area (Å²) in [7, 11) is 5.31. The molecule has 0 aromatic carbocycles. The Labute approximate surface area is 43.8 Å². The summed E-state index contributed by atoms with van der Waals surface area (Å²) in [5.41, 5.74) is 3.81. The van der Waals surface area contributed by atoms with Crippen molar-refractivity contribution in [2.45, 2.75) is 0 Å². The molecule has 0 radical (unpaired) electrons. The zero-order valence-electron chi connectivity index (χ0n) is 4.97. The summed E-state index contributed by atoms with van der Waals surface area (Å²) in [5.74, 6) is 5.25. The van der Waals surface area contributed by atoms with Gasteiger partial charge in [-0.2, -0.15) is 0 Å². The van der Waals surface area contributed by atoms with Crippen LogP contribution < -0.4 is 11.0 Å². The quantitative estimate of drug-likeness (QED) is 0.319. The molecule has 0 bridgehead atoms. The molecule has 0 aliphatic carbocycles. The second-order valence-electron chi connectivity index (χ2n) is 1.38. The Hall–Kier alpha value is -0.160. The Bertz CT molecular complexity index is 44.2. The SMILES string of the molecule is C[N-][NH+](C)N(C)N. The van der Waals surface area contributed by atoms with E-state index in [1.807, 2.05) is 7.05 Å². The molecular formula is C3H12N4. The highest BCUT2D eigenvalue weighted by Crippen LogP contribution is 1.49. The summed E-state index contributed by atoms with van der Waals surface area (Å²) in [6.45, 7) is 0. The second kappa shape index (κ2) is 2.92. The first-order valence-corrected chi connectivity index (χ1v) is 2.10. The van der Waals surface area contributed by atoms with Crippen molar-refractivity contribution in [2.75, 3.05) is 21.1 Å². The van der Waals surface area contributed by atoms with Gasteiger partial charge >= 0.3 is 0 Å². The maximum atomic E-state index is 5.25. The molecule has 3 N–H and O–H groups in total. The fourth-order valence-corrected chi connectivity index (χ4v) is 0.158. The molecule has 0 aromatic heterocycles. The van der Waals surface area contributed by atoms with Crippen LogP contribution in [0.1, 0.15) is 0 Å². The van der Waals surface area contributed by atoms with Gasteiger partial charge in [-0.1, -0.05) is 0 Å². The molecule has 0 saturated heterocycles. The van der Waals surface area contributed by atoms with Gasteiger partial charge in [-0.15, -0.1) is 12.2 Å². The van der Waals surface area contributed by atoms with Crippen molar-refractivity contribution >= 4 is 0 Å². The molecule has 4 heteroatoms. The van der Waals surface area contributed by atoms with E-state index in [1.165, 1.54) is 5.12 Å². The molecule has 7 heavy (non-hydrogen) atoms. The normalized spacial score (nSPS) is 15.0. The van der Waals surface area contributed by atoms with Crippen molar-refractivity contribution in [2.24, 2.45) is 5.84 Å². The van der Waals surface area contributed by atoms with Gasteiger partial charge in [0.25, 0.3) is 0 Å². The Morgan fingerprint density at radius 2 is 2.14 bits per heavy atom. The van der Waals surface area contributed by atoms with Crippen molar-refractivity contribution in [1.82, 2.24) is 5.12 Å². The predicted octanol–water partition coefficient (Wildman–Crippen LogP) is -1.86. The van der Waals surface area contributed by atoms with E-state index in [2.05, 4.69) is 5.43 Å². The van der Waals surface area contributed by atoms with Gasteiger partial charge < -0.3 is 10.5 Å². The number of nitrogens with two attached hydrogens (primary N) is 1. The number of hydrogen-bond donors (Lipinski definition) is 2. The lowest BCUT2D eigenvalue weighted by molar-refractivity contribution is -0.964. The second-order valence-corrected chi connectivity index (χ2v) is 1.38. The zero-order chi connectivity index (χ0) is 5.86. The molecule has 1 atom stereocenters. The van der Waals surface area contributed by atoms with Crippen LogP contribution in [-0.4, -0.2) is 26.3 Å². The van der Waals surface area contributed by atoms with Crippen LogP contribution >= 0.6 is 0 Å². The van der Waals surface area contributed by atoms with Crippen LogP contribution in [-0.2, 0) is 0 Å². The molecule has 0 aliphatic heterocycles. The lowest BCUT2D eigenvalue weighted by Gasteiger charge is -2.27. The average Bonchev–Trinajstić information content (AvgIpc) is 1.65. The van der Waals surface area contributed by atoms with Crippen LogP contribution in [0, 0.1) is 0 Å². The Morgan fingerprint density at radius 1 is 1.71 bits per heavy atom. The maximum absolute atomic E-state index is 5.25. The molecule has 0 fully saturated rings. The van der Waals surface area contributed by atoms with Crippen molar-refractivity contribution < 1.29 is 5.12 Å². The van der Waals surface area contributed by atoms with Crippen LogP contribution in [0.25, 0.3) is 5.43 Å². The molecule has 0 saturated carbocycles. The lowest BCUT2D eigenvalue weighted by atomic mass is 11.2. The van der Waals surface area contributed by atoms with Crippen LogP contribution in [0.15, 0.2) is 0 Å².